The maximum Gasteiger partial charge on any atom is 0.420 e. The number of hydrogen-bond donors (Lipinski definition) is 1. The SMILES string of the molecule is CC(C)n1ncnc1Cn1c(=O)oc2ccc(N)cc21. The van der Waals surface area contributed by atoms with Gasteiger partial charge in [0, 0.05) is 11.7 Å². The van der Waals surface area contributed by atoms with Crippen molar-refractivity contribution in [3.05, 3.63) is 40.9 Å². The second-order valence-corrected chi connectivity index (χ2v) is 4.90. The molecule has 0 fully saturated rings. The number of aromatic nitrogens is 4. The molecule has 104 valence electrons. The number of rotatable bonds is 3. The summed E-state index contributed by atoms with van der Waals surface area (Å²) in [4.78, 5) is 16.2. The molecule has 0 saturated heterocycles. The average molecular weight is 273 g/mol. The Morgan fingerprint density at radius 3 is 2.95 bits per heavy atom. The number of anilines is 1. The summed E-state index contributed by atoms with van der Waals surface area (Å²) in [5.41, 5.74) is 7.52. The summed E-state index contributed by atoms with van der Waals surface area (Å²) in [6, 6.07) is 5.28. The molecule has 0 unspecified atom stereocenters. The number of nitrogen functional groups attached to an aromatic ring is 1. The van der Waals surface area contributed by atoms with E-state index in [0.29, 0.717) is 29.2 Å². The zero-order valence-corrected chi connectivity index (χ0v) is 11.3. The van der Waals surface area contributed by atoms with E-state index in [-0.39, 0.29) is 6.04 Å². The monoisotopic (exact) mass is 273 g/mol. The van der Waals surface area contributed by atoms with E-state index in [4.69, 9.17) is 10.2 Å². The van der Waals surface area contributed by atoms with Gasteiger partial charge in [-0.2, -0.15) is 5.10 Å². The van der Waals surface area contributed by atoms with E-state index in [1.807, 2.05) is 13.8 Å². The number of nitrogens with two attached hydrogens (primary N) is 1. The van der Waals surface area contributed by atoms with Gasteiger partial charge in [-0.25, -0.2) is 14.5 Å². The normalized spacial score (nSPS) is 11.6. The molecule has 7 nitrogen and oxygen atoms in total. The second kappa shape index (κ2) is 4.52. The van der Waals surface area contributed by atoms with Crippen LogP contribution in [0, 0.1) is 0 Å². The van der Waals surface area contributed by atoms with Gasteiger partial charge < -0.3 is 10.2 Å². The minimum absolute atomic E-state index is 0.173. The Bertz CT molecular complexity index is 812. The van der Waals surface area contributed by atoms with Crippen LogP contribution < -0.4 is 11.5 Å². The van der Waals surface area contributed by atoms with Gasteiger partial charge in [0.05, 0.1) is 12.1 Å². The predicted molar refractivity (Wildman–Crippen MR) is 74.4 cm³/mol. The lowest BCUT2D eigenvalue weighted by Crippen LogP contribution is -2.19. The van der Waals surface area contributed by atoms with Crippen LogP contribution in [0.4, 0.5) is 5.69 Å². The summed E-state index contributed by atoms with van der Waals surface area (Å²) in [6.07, 6.45) is 1.48. The van der Waals surface area contributed by atoms with E-state index in [1.54, 1.807) is 22.9 Å². The molecule has 2 heterocycles. The highest BCUT2D eigenvalue weighted by Crippen LogP contribution is 2.17. The van der Waals surface area contributed by atoms with Crippen molar-refractivity contribution in [2.75, 3.05) is 5.73 Å². The Hall–Kier alpha value is -2.57. The third-order valence-electron chi connectivity index (χ3n) is 3.13. The molecule has 3 aromatic rings. The lowest BCUT2D eigenvalue weighted by atomic mass is 10.3. The Morgan fingerprint density at radius 1 is 1.40 bits per heavy atom. The van der Waals surface area contributed by atoms with Crippen LogP contribution in [0.25, 0.3) is 11.1 Å². The number of oxazole rings is 1. The maximum atomic E-state index is 12.0. The van der Waals surface area contributed by atoms with E-state index in [0.717, 1.165) is 0 Å². The van der Waals surface area contributed by atoms with Crippen LogP contribution in [0.2, 0.25) is 0 Å². The molecule has 0 spiro atoms. The van der Waals surface area contributed by atoms with E-state index in [1.165, 1.54) is 10.9 Å². The van der Waals surface area contributed by atoms with Gasteiger partial charge >= 0.3 is 5.76 Å². The zero-order valence-electron chi connectivity index (χ0n) is 11.3. The number of hydrogen-bond acceptors (Lipinski definition) is 5. The van der Waals surface area contributed by atoms with E-state index < -0.39 is 5.76 Å². The van der Waals surface area contributed by atoms with E-state index in [9.17, 15) is 4.79 Å². The van der Waals surface area contributed by atoms with Gasteiger partial charge in [-0.15, -0.1) is 0 Å². The summed E-state index contributed by atoms with van der Waals surface area (Å²) in [5.74, 6) is 0.274. The molecule has 0 aliphatic heterocycles. The van der Waals surface area contributed by atoms with Crippen molar-refractivity contribution in [3.63, 3.8) is 0 Å². The average Bonchev–Trinajstić information content (AvgIpc) is 2.96. The molecule has 0 radical (unpaired) electrons. The third-order valence-corrected chi connectivity index (χ3v) is 3.13. The molecule has 0 aliphatic carbocycles. The topological polar surface area (TPSA) is 91.9 Å². The molecule has 20 heavy (non-hydrogen) atoms. The van der Waals surface area contributed by atoms with Crippen LogP contribution in [0.5, 0.6) is 0 Å². The van der Waals surface area contributed by atoms with Crippen LogP contribution in [0.3, 0.4) is 0 Å². The molecule has 0 atom stereocenters. The molecule has 0 saturated carbocycles. The molecule has 3 rings (SSSR count). The van der Waals surface area contributed by atoms with Crippen molar-refractivity contribution in [2.45, 2.75) is 26.4 Å². The van der Waals surface area contributed by atoms with Crippen molar-refractivity contribution in [2.24, 2.45) is 0 Å². The van der Waals surface area contributed by atoms with Crippen molar-refractivity contribution < 1.29 is 4.42 Å². The smallest absolute Gasteiger partial charge is 0.408 e. The summed E-state index contributed by atoms with van der Waals surface area (Å²) in [7, 11) is 0. The van der Waals surface area contributed by atoms with Crippen LogP contribution in [0.1, 0.15) is 25.7 Å². The lowest BCUT2D eigenvalue weighted by molar-refractivity contribution is 0.476. The minimum atomic E-state index is -0.427. The van der Waals surface area contributed by atoms with Crippen LogP contribution in [0.15, 0.2) is 33.7 Å². The van der Waals surface area contributed by atoms with Gasteiger partial charge in [0.2, 0.25) is 0 Å². The first-order valence-electron chi connectivity index (χ1n) is 6.33. The minimum Gasteiger partial charge on any atom is -0.408 e. The highest BCUT2D eigenvalue weighted by atomic mass is 16.4. The molecule has 1 aromatic carbocycles. The van der Waals surface area contributed by atoms with Crippen LogP contribution >= 0.6 is 0 Å². The molecule has 2 aromatic heterocycles. The number of fused-ring (bicyclic) bond motifs is 1. The Morgan fingerprint density at radius 2 is 2.20 bits per heavy atom. The fourth-order valence-electron chi connectivity index (χ4n) is 2.19. The first-order valence-corrected chi connectivity index (χ1v) is 6.33. The van der Waals surface area contributed by atoms with E-state index >= 15 is 0 Å². The maximum absolute atomic E-state index is 12.0. The van der Waals surface area contributed by atoms with Gasteiger partial charge in [-0.1, -0.05) is 0 Å². The van der Waals surface area contributed by atoms with Crippen LogP contribution in [-0.4, -0.2) is 19.3 Å². The van der Waals surface area contributed by atoms with Crippen molar-refractivity contribution >= 4 is 16.8 Å². The van der Waals surface area contributed by atoms with E-state index in [2.05, 4.69) is 10.1 Å². The first-order chi connectivity index (χ1) is 9.56. The molecule has 0 amide bonds. The highest BCUT2D eigenvalue weighted by Gasteiger charge is 2.14. The number of benzene rings is 1. The zero-order chi connectivity index (χ0) is 14.3. The molecular formula is C13H15N5O2. The van der Waals surface area contributed by atoms with Gasteiger partial charge in [0.1, 0.15) is 12.2 Å². The lowest BCUT2D eigenvalue weighted by Gasteiger charge is -2.09. The second-order valence-electron chi connectivity index (χ2n) is 4.90. The summed E-state index contributed by atoms with van der Waals surface area (Å²) in [6.45, 7) is 4.31. The Kier molecular flexibility index (Phi) is 2.81. The van der Waals surface area contributed by atoms with Crippen molar-refractivity contribution in [1.29, 1.82) is 0 Å². The molecule has 7 heteroatoms. The van der Waals surface area contributed by atoms with Gasteiger partial charge in [0.15, 0.2) is 5.58 Å². The highest BCUT2D eigenvalue weighted by molar-refractivity contribution is 5.77. The Labute approximate surface area is 114 Å². The molecule has 2 N–H and O–H groups in total. The van der Waals surface area contributed by atoms with Crippen molar-refractivity contribution in [3.8, 4) is 0 Å². The van der Waals surface area contributed by atoms with Gasteiger partial charge in [0.25, 0.3) is 0 Å². The predicted octanol–water partition coefficient (Wildman–Crippen LogP) is 1.40. The largest absolute Gasteiger partial charge is 0.420 e. The molecule has 0 aliphatic rings. The summed E-state index contributed by atoms with van der Waals surface area (Å²) in [5, 5.41) is 4.16. The van der Waals surface area contributed by atoms with Crippen LogP contribution in [-0.2, 0) is 6.54 Å². The van der Waals surface area contributed by atoms with Gasteiger partial charge in [-0.05, 0) is 32.0 Å². The summed E-state index contributed by atoms with van der Waals surface area (Å²) < 4.78 is 8.48. The number of nitrogens with zero attached hydrogens (tertiary/aromatic N) is 4. The first kappa shape index (κ1) is 12.5. The summed E-state index contributed by atoms with van der Waals surface area (Å²) >= 11 is 0. The quantitative estimate of drug-likeness (QED) is 0.728. The third kappa shape index (κ3) is 1.97. The fraction of sp³-hybridized carbons (Fsp3) is 0.308. The van der Waals surface area contributed by atoms with Crippen molar-refractivity contribution in [1.82, 2.24) is 19.3 Å². The molecular weight excluding hydrogens is 258 g/mol. The standard InChI is InChI=1S/C13H15N5O2/c1-8(2)18-12(15-7-16-18)6-17-10-5-9(14)3-4-11(10)20-13(17)19/h3-5,7-8H,6,14H2,1-2H3. The fourth-order valence-corrected chi connectivity index (χ4v) is 2.19. The van der Waals surface area contributed by atoms with Gasteiger partial charge in [-0.3, -0.25) is 4.57 Å². The molecule has 0 bridgehead atoms. The Balaban J connectivity index is 2.11.